The van der Waals surface area contributed by atoms with Crippen molar-refractivity contribution in [3.63, 3.8) is 0 Å². The van der Waals surface area contributed by atoms with Crippen LogP contribution in [0.25, 0.3) is 5.57 Å². The highest BCUT2D eigenvalue weighted by Crippen LogP contribution is 2.46. The molecule has 2 aromatic rings. The Morgan fingerprint density at radius 3 is 2.53 bits per heavy atom. The average Bonchev–Trinajstić information content (AvgIpc) is 2.86. The second kappa shape index (κ2) is 8.85. The highest BCUT2D eigenvalue weighted by Gasteiger charge is 2.25. The lowest BCUT2D eigenvalue weighted by atomic mass is 9.96. The first kappa shape index (κ1) is 11.3. The van der Waals surface area contributed by atoms with Gasteiger partial charge in [0.15, 0.2) is 0 Å². The average molecular weight is 456 g/mol. The molecule has 0 radical (unpaired) electrons. The third kappa shape index (κ3) is 4.36. The van der Waals surface area contributed by atoms with E-state index in [-0.39, 0.29) is 25.8 Å². The molecule has 2 aliphatic rings. The molecular formula is C23H29N3O2S2. The van der Waals surface area contributed by atoms with Gasteiger partial charge in [0.25, 0.3) is 0 Å². The van der Waals surface area contributed by atoms with E-state index in [1.54, 1.807) is 24.3 Å². The fraction of sp³-hybridized carbons (Fsp3) is 0.391. The highest BCUT2D eigenvalue weighted by atomic mass is 32.2. The molecule has 5 nitrogen and oxygen atoms in total. The van der Waals surface area contributed by atoms with E-state index in [1.165, 1.54) is 44.1 Å². The Morgan fingerprint density at radius 2 is 1.80 bits per heavy atom. The van der Waals surface area contributed by atoms with E-state index in [0.29, 0.717) is 15.4 Å². The van der Waals surface area contributed by atoms with Gasteiger partial charge in [-0.3, -0.25) is 0 Å². The molecule has 1 saturated heterocycles. The Bertz CT molecular complexity index is 1530. The summed E-state index contributed by atoms with van der Waals surface area (Å²) in [5.41, 5.74) is 0.686. The zero-order chi connectivity index (χ0) is 32.1. The number of rotatable bonds is 5. The van der Waals surface area contributed by atoms with Crippen LogP contribution in [0.1, 0.15) is 33.9 Å². The van der Waals surface area contributed by atoms with Gasteiger partial charge >= 0.3 is 0 Å². The Morgan fingerprint density at radius 1 is 1.10 bits per heavy atom. The van der Waals surface area contributed by atoms with Gasteiger partial charge in [-0.15, -0.1) is 0 Å². The molecule has 0 spiro atoms. The van der Waals surface area contributed by atoms with Crippen molar-refractivity contribution in [2.45, 2.75) is 21.1 Å². The number of fused-ring (bicyclic) bond motifs is 2. The van der Waals surface area contributed by atoms with Gasteiger partial charge in [0.05, 0.1) is 4.90 Å². The minimum Gasteiger partial charge on any atom is -0.304 e. The molecule has 30 heavy (non-hydrogen) atoms. The summed E-state index contributed by atoms with van der Waals surface area (Å²) < 4.78 is 129. The van der Waals surface area contributed by atoms with Crippen LogP contribution in [0.3, 0.4) is 0 Å². The normalized spacial score (nSPS) is 32.7. The summed E-state index contributed by atoms with van der Waals surface area (Å²) in [7, 11) is -0.413. The van der Waals surface area contributed by atoms with E-state index in [0.717, 1.165) is 17.4 Å². The van der Waals surface area contributed by atoms with E-state index in [4.69, 9.17) is 16.4 Å². The van der Waals surface area contributed by atoms with Crippen LogP contribution >= 0.6 is 11.8 Å². The molecule has 160 valence electrons. The number of likely N-dealkylation sites (N-methyl/N-ethyl adjacent to an activating group) is 1. The minimum atomic E-state index is -3.93. The predicted octanol–water partition coefficient (Wildman–Crippen LogP) is 3.47. The smallest absolute Gasteiger partial charge is 0.242 e. The summed E-state index contributed by atoms with van der Waals surface area (Å²) in [6.45, 7) is -17.4. The molecule has 0 aromatic heterocycles. The number of nitrogens with zero attached hydrogens (tertiary/aromatic N) is 3. The second-order valence-corrected chi connectivity index (χ2v) is 9.94. The first-order chi connectivity index (χ1) is 18.9. The standard InChI is InChI=1S/C23H29N3O2S2/c1-24(2)30(27,28)18-10-11-23-21(17-18)19(20-7-4-5-9-22(20)29-23)8-6-12-26-15-13-25(3)14-16-26/h4-5,7-11,17H,6,12-16H2,1-3H3/b19-8-/i6D2,12D2,13D2,14D2,15D2,16D2. The van der Waals surface area contributed by atoms with Crippen LogP contribution in [0.2, 0.25) is 0 Å². The summed E-state index contributed by atoms with van der Waals surface area (Å²) in [6.07, 6.45) is -2.50. The Labute approximate surface area is 201 Å². The third-order valence-electron chi connectivity index (χ3n) is 4.47. The van der Waals surface area contributed by atoms with Gasteiger partial charge in [-0.05, 0) is 54.4 Å². The molecule has 0 atom stereocenters. The first-order valence-corrected chi connectivity index (χ1v) is 11.2. The van der Waals surface area contributed by atoms with Crippen molar-refractivity contribution < 1.29 is 24.9 Å². The lowest BCUT2D eigenvalue weighted by Crippen LogP contribution is -2.44. The molecule has 2 aliphatic heterocycles. The van der Waals surface area contributed by atoms with E-state index >= 15 is 0 Å². The van der Waals surface area contributed by atoms with Gasteiger partial charge in [-0.1, -0.05) is 36.0 Å². The van der Waals surface area contributed by atoms with E-state index in [9.17, 15) is 8.42 Å². The molecule has 0 N–H and O–H groups in total. The van der Waals surface area contributed by atoms with Gasteiger partial charge in [0, 0.05) is 72.8 Å². The maximum absolute atomic E-state index is 12.9. The number of piperazine rings is 1. The zero-order valence-corrected chi connectivity index (χ0v) is 18.2. The van der Waals surface area contributed by atoms with E-state index in [1.807, 2.05) is 0 Å². The molecule has 1 fully saturated rings. The largest absolute Gasteiger partial charge is 0.304 e. The van der Waals surface area contributed by atoms with Crippen LogP contribution in [0.4, 0.5) is 0 Å². The molecule has 0 aliphatic carbocycles. The van der Waals surface area contributed by atoms with Crippen LogP contribution in [0, 0.1) is 0 Å². The topological polar surface area (TPSA) is 43.9 Å². The van der Waals surface area contributed by atoms with Crippen molar-refractivity contribution in [1.82, 2.24) is 14.1 Å². The SMILES string of the molecule is [2H]C([2H])(/C=C1/c2ccccc2Sc2ccc(S(=O)(=O)N(C)C)cc21)C([2H])([2H])N1C([2H])([2H])C([2H])([2H])N(C)C([2H])([2H])C1([2H])[2H]. The lowest BCUT2D eigenvalue weighted by molar-refractivity contribution is 0.156. The zero-order valence-electron chi connectivity index (χ0n) is 28.6. The Balaban J connectivity index is 1.98. The van der Waals surface area contributed by atoms with Crippen LogP contribution in [-0.4, -0.2) is 76.2 Å². The molecular weight excluding hydrogens is 414 g/mol. The summed E-state index contributed by atoms with van der Waals surface area (Å²) in [4.78, 5) is 0.883. The van der Waals surface area contributed by atoms with Crippen molar-refractivity contribution in [3.8, 4) is 0 Å². The second-order valence-electron chi connectivity index (χ2n) is 6.70. The van der Waals surface area contributed by atoms with Crippen LogP contribution in [0.15, 0.2) is 63.2 Å². The fourth-order valence-corrected chi connectivity index (χ4v) is 4.92. The van der Waals surface area contributed by atoms with Crippen molar-refractivity contribution in [1.29, 1.82) is 0 Å². The monoisotopic (exact) mass is 455 g/mol. The molecule has 0 unspecified atom stereocenters. The molecule has 2 heterocycles. The summed E-state index contributed by atoms with van der Waals surface area (Å²) in [6, 6.07) is 10.9. The van der Waals surface area contributed by atoms with Crippen LogP contribution in [0.5, 0.6) is 0 Å². The number of hydrogen-bond acceptors (Lipinski definition) is 5. The van der Waals surface area contributed by atoms with Gasteiger partial charge in [0.2, 0.25) is 10.0 Å². The molecule has 0 saturated carbocycles. The minimum absolute atomic E-state index is 0.0466. The summed E-state index contributed by atoms with van der Waals surface area (Å²) in [5.74, 6) is 0. The number of benzene rings is 2. The maximum atomic E-state index is 12.9. The molecule has 0 bridgehead atoms. The predicted molar refractivity (Wildman–Crippen MR) is 124 cm³/mol. The lowest BCUT2D eigenvalue weighted by Gasteiger charge is -2.32. The molecule has 7 heteroatoms. The van der Waals surface area contributed by atoms with Crippen LogP contribution in [-0.2, 0) is 10.0 Å². The third-order valence-corrected chi connectivity index (χ3v) is 7.43. The van der Waals surface area contributed by atoms with Crippen molar-refractivity contribution in [2.75, 3.05) is 53.6 Å². The summed E-state index contributed by atoms with van der Waals surface area (Å²) in [5, 5.41) is 0. The van der Waals surface area contributed by atoms with Crippen LogP contribution < -0.4 is 0 Å². The molecule has 4 rings (SSSR count). The first-order valence-electron chi connectivity index (χ1n) is 15.0. The molecule has 2 aromatic carbocycles. The number of sulfonamides is 1. The van der Waals surface area contributed by atoms with Gasteiger partial charge in [-0.25, -0.2) is 12.7 Å². The summed E-state index contributed by atoms with van der Waals surface area (Å²) >= 11 is 1.27. The fourth-order valence-electron chi connectivity index (χ4n) is 2.91. The molecule has 0 amide bonds. The van der Waals surface area contributed by atoms with Gasteiger partial charge in [0.1, 0.15) is 0 Å². The van der Waals surface area contributed by atoms with Crippen molar-refractivity contribution >= 4 is 27.4 Å². The van der Waals surface area contributed by atoms with Gasteiger partial charge in [-0.2, -0.15) is 0 Å². The quantitative estimate of drug-likeness (QED) is 0.589. The van der Waals surface area contributed by atoms with E-state index in [2.05, 4.69) is 0 Å². The van der Waals surface area contributed by atoms with E-state index < -0.39 is 48.9 Å². The maximum Gasteiger partial charge on any atom is 0.242 e. The van der Waals surface area contributed by atoms with Crippen molar-refractivity contribution in [2.24, 2.45) is 0 Å². The Kier molecular flexibility index (Phi) is 3.33. The number of hydrogen-bond donors (Lipinski definition) is 0. The van der Waals surface area contributed by atoms with Gasteiger partial charge < -0.3 is 9.80 Å². The Hall–Kier alpha value is -1.64. The highest BCUT2D eigenvalue weighted by molar-refractivity contribution is 7.99. The van der Waals surface area contributed by atoms with Crippen molar-refractivity contribution in [3.05, 3.63) is 59.7 Å².